The van der Waals surface area contributed by atoms with Gasteiger partial charge in [0.1, 0.15) is 17.8 Å². The fourth-order valence-corrected chi connectivity index (χ4v) is 7.65. The van der Waals surface area contributed by atoms with Crippen molar-refractivity contribution in [2.75, 3.05) is 0 Å². The number of aliphatic hydroxyl groups is 1. The molecule has 276 valence electrons. The van der Waals surface area contributed by atoms with Crippen molar-refractivity contribution in [1.82, 2.24) is 20.5 Å². The minimum Gasteiger partial charge on any atom is -0.393 e. The van der Waals surface area contributed by atoms with Crippen LogP contribution in [-0.4, -0.2) is 80.5 Å². The Bertz CT molecular complexity index is 1960. The third-order valence-corrected chi connectivity index (χ3v) is 10.5. The molecule has 2 aliphatic heterocycles. The van der Waals surface area contributed by atoms with Crippen molar-refractivity contribution in [2.24, 2.45) is 5.73 Å². The Morgan fingerprint density at radius 1 is 0.906 bits per heavy atom. The van der Waals surface area contributed by atoms with E-state index in [1.54, 1.807) is 24.3 Å². The van der Waals surface area contributed by atoms with E-state index in [1.807, 2.05) is 60.7 Å². The predicted molar refractivity (Wildman–Crippen MR) is 198 cm³/mol. The Morgan fingerprint density at radius 3 is 2.23 bits per heavy atom. The van der Waals surface area contributed by atoms with Crippen LogP contribution in [0.15, 0.2) is 84.9 Å². The highest BCUT2D eigenvalue weighted by Gasteiger charge is 2.46. The van der Waals surface area contributed by atoms with Crippen LogP contribution >= 0.6 is 0 Å². The second kappa shape index (κ2) is 16.4. The fourth-order valence-electron chi connectivity index (χ4n) is 7.65. The number of hydrogen-bond acceptors (Lipinski definition) is 7. The van der Waals surface area contributed by atoms with Crippen molar-refractivity contribution >= 4 is 46.1 Å². The van der Waals surface area contributed by atoms with Gasteiger partial charge in [0.2, 0.25) is 17.7 Å². The van der Waals surface area contributed by atoms with Crippen LogP contribution in [0.3, 0.4) is 0 Å². The summed E-state index contributed by atoms with van der Waals surface area (Å²) in [5.41, 5.74) is 8.68. The van der Waals surface area contributed by atoms with Gasteiger partial charge < -0.3 is 31.4 Å². The van der Waals surface area contributed by atoms with E-state index in [-0.39, 0.29) is 61.7 Å². The highest BCUT2D eigenvalue weighted by molar-refractivity contribution is 6.03. The second-order valence-electron chi connectivity index (χ2n) is 14.1. The number of aliphatic hydroxyl groups excluding tert-OH is 1. The van der Waals surface area contributed by atoms with Crippen molar-refractivity contribution in [3.63, 3.8) is 0 Å². The van der Waals surface area contributed by atoms with E-state index < -0.39 is 53.9 Å². The van der Waals surface area contributed by atoms with Gasteiger partial charge in [-0.05, 0) is 80.8 Å². The normalized spacial score (nSPS) is 20.7. The number of nitrogens with one attached hydrogen (secondary N) is 3. The largest absolute Gasteiger partial charge is 0.393 e. The lowest BCUT2D eigenvalue weighted by molar-refractivity contribution is -0.144. The zero-order chi connectivity index (χ0) is 37.6. The SMILES string of the molecule is CC(=O)c1ccc2[nH]c(C(=O)N[C@H]3CC[C@H](O)C[C@H]4CC[C@@H](C(=O)N[C@@H](CCC(N)=O)C(=O)CC(c5ccccc5)c5ccccc5)N4C3=O)cc2c1. The molecule has 6 rings (SSSR count). The number of hydrogen-bond donors (Lipinski definition) is 5. The average molecular weight is 720 g/mol. The molecule has 5 atom stereocenters. The van der Waals surface area contributed by atoms with E-state index in [4.69, 9.17) is 5.73 Å². The van der Waals surface area contributed by atoms with Gasteiger partial charge in [-0.3, -0.25) is 28.8 Å². The standard InChI is InChI=1S/C41H45N5O7/c1-24(47)27-12-15-32-28(20-27)21-35(43-32)39(51)45-34-16-14-30(48)22-29-13-18-36(46(29)41(34)53)40(52)44-33(17-19-38(42)50)37(49)23-31(25-8-4-2-5-9-25)26-10-6-3-7-11-26/h2-12,15,20-21,29-31,33-34,36,43,48H,13-14,16-19,22-23H2,1H3,(H2,42,50)(H,44,52)(H,45,51)/t29-,30+,33+,34+,36+/m1/s1. The van der Waals surface area contributed by atoms with Crippen LogP contribution < -0.4 is 16.4 Å². The lowest BCUT2D eigenvalue weighted by atomic mass is 9.85. The molecule has 0 aliphatic carbocycles. The van der Waals surface area contributed by atoms with Gasteiger partial charge in [0.05, 0.1) is 12.1 Å². The fraction of sp³-hybridized carbons (Fsp3) is 0.366. The quantitative estimate of drug-likeness (QED) is 0.129. The summed E-state index contributed by atoms with van der Waals surface area (Å²) in [4.78, 5) is 84.0. The van der Waals surface area contributed by atoms with Crippen LogP contribution in [0.2, 0.25) is 0 Å². The molecule has 6 N–H and O–H groups in total. The molecule has 4 aromatic rings. The van der Waals surface area contributed by atoms with Crippen molar-refractivity contribution in [2.45, 2.75) is 94.5 Å². The molecule has 1 aromatic heterocycles. The number of nitrogens with zero attached hydrogens (tertiary/aromatic N) is 1. The van der Waals surface area contributed by atoms with Gasteiger partial charge in [-0.15, -0.1) is 0 Å². The number of ketones is 2. The van der Waals surface area contributed by atoms with Crippen molar-refractivity contribution in [3.05, 3.63) is 107 Å². The van der Waals surface area contributed by atoms with Crippen LogP contribution in [-0.2, 0) is 19.2 Å². The Labute approximate surface area is 307 Å². The number of H-pyrrole nitrogens is 1. The van der Waals surface area contributed by atoms with E-state index in [2.05, 4.69) is 15.6 Å². The number of primary amides is 1. The van der Waals surface area contributed by atoms with Crippen LogP contribution in [0.1, 0.15) is 96.2 Å². The predicted octanol–water partition coefficient (Wildman–Crippen LogP) is 3.91. The zero-order valence-electron chi connectivity index (χ0n) is 29.6. The van der Waals surface area contributed by atoms with E-state index in [0.29, 0.717) is 29.3 Å². The first-order valence-electron chi connectivity index (χ1n) is 18.1. The zero-order valence-corrected chi connectivity index (χ0v) is 29.6. The summed E-state index contributed by atoms with van der Waals surface area (Å²) in [6, 6.07) is 22.4. The summed E-state index contributed by atoms with van der Waals surface area (Å²) in [6.45, 7) is 1.46. The maximum Gasteiger partial charge on any atom is 0.268 e. The lowest BCUT2D eigenvalue weighted by Crippen LogP contribution is -2.58. The number of fused-ring (bicyclic) bond motifs is 2. The van der Waals surface area contributed by atoms with E-state index in [1.165, 1.54) is 11.8 Å². The molecule has 2 fully saturated rings. The van der Waals surface area contributed by atoms with Gasteiger partial charge in [-0.25, -0.2) is 0 Å². The van der Waals surface area contributed by atoms with E-state index >= 15 is 0 Å². The smallest absolute Gasteiger partial charge is 0.268 e. The Morgan fingerprint density at radius 2 is 1.58 bits per heavy atom. The molecule has 12 heteroatoms. The number of benzene rings is 3. The minimum absolute atomic E-state index is 0.00386. The number of carbonyl (C=O) groups is 6. The molecule has 2 aliphatic rings. The number of amides is 4. The summed E-state index contributed by atoms with van der Waals surface area (Å²) in [5.74, 6) is -2.83. The molecule has 0 unspecified atom stereocenters. The minimum atomic E-state index is -1.04. The molecule has 4 amide bonds. The first-order valence-corrected chi connectivity index (χ1v) is 18.1. The molecule has 3 aromatic carbocycles. The first-order chi connectivity index (χ1) is 25.5. The molecular formula is C41H45N5O7. The topological polar surface area (TPSA) is 192 Å². The number of Topliss-reactive ketones (excluding diaryl/α,β-unsaturated/α-hetero) is 2. The number of aromatic nitrogens is 1. The molecule has 12 nitrogen and oxygen atoms in total. The molecule has 2 saturated heterocycles. The summed E-state index contributed by atoms with van der Waals surface area (Å²) in [5, 5.41) is 17.2. The summed E-state index contributed by atoms with van der Waals surface area (Å²) in [6.07, 6.45) is 0.615. The molecule has 0 bridgehead atoms. The van der Waals surface area contributed by atoms with Gasteiger partial charge in [0.25, 0.3) is 5.91 Å². The van der Waals surface area contributed by atoms with Crippen LogP contribution in [0, 0.1) is 0 Å². The van der Waals surface area contributed by atoms with Crippen molar-refractivity contribution in [1.29, 1.82) is 0 Å². The maximum atomic E-state index is 14.2. The van der Waals surface area contributed by atoms with Gasteiger partial charge in [-0.1, -0.05) is 60.7 Å². The number of aromatic amines is 1. The van der Waals surface area contributed by atoms with E-state index in [0.717, 1.165) is 11.1 Å². The number of nitrogens with two attached hydrogens (primary N) is 1. The summed E-state index contributed by atoms with van der Waals surface area (Å²) >= 11 is 0. The van der Waals surface area contributed by atoms with Gasteiger partial charge in [0, 0.05) is 41.3 Å². The number of carbonyl (C=O) groups excluding carboxylic acids is 6. The summed E-state index contributed by atoms with van der Waals surface area (Å²) in [7, 11) is 0. The Kier molecular flexibility index (Phi) is 11.5. The third kappa shape index (κ3) is 8.72. The lowest BCUT2D eigenvalue weighted by Gasteiger charge is -2.36. The molecule has 53 heavy (non-hydrogen) atoms. The van der Waals surface area contributed by atoms with Crippen LogP contribution in [0.5, 0.6) is 0 Å². The summed E-state index contributed by atoms with van der Waals surface area (Å²) < 4.78 is 0. The van der Waals surface area contributed by atoms with Gasteiger partial charge >= 0.3 is 0 Å². The Balaban J connectivity index is 1.20. The van der Waals surface area contributed by atoms with E-state index in [9.17, 15) is 33.9 Å². The third-order valence-electron chi connectivity index (χ3n) is 10.5. The molecule has 3 heterocycles. The molecule has 0 spiro atoms. The highest BCUT2D eigenvalue weighted by Crippen LogP contribution is 2.33. The van der Waals surface area contributed by atoms with Gasteiger partial charge in [-0.2, -0.15) is 0 Å². The molecule has 0 radical (unpaired) electrons. The first kappa shape index (κ1) is 37.1. The van der Waals surface area contributed by atoms with Gasteiger partial charge in [0.15, 0.2) is 11.6 Å². The van der Waals surface area contributed by atoms with Crippen molar-refractivity contribution < 1.29 is 33.9 Å². The maximum absolute atomic E-state index is 14.2. The second-order valence-corrected chi connectivity index (χ2v) is 14.1. The van der Waals surface area contributed by atoms with Crippen LogP contribution in [0.25, 0.3) is 10.9 Å². The molecule has 0 saturated carbocycles. The number of rotatable bonds is 13. The monoisotopic (exact) mass is 719 g/mol. The average Bonchev–Trinajstić information content (AvgIpc) is 3.77. The molecular weight excluding hydrogens is 674 g/mol. The van der Waals surface area contributed by atoms with Crippen LogP contribution in [0.4, 0.5) is 0 Å². The van der Waals surface area contributed by atoms with Crippen molar-refractivity contribution in [3.8, 4) is 0 Å². The highest BCUT2D eigenvalue weighted by atomic mass is 16.3. The Hall–Kier alpha value is -5.62.